The fourth-order valence-electron chi connectivity index (χ4n) is 7.76. The Morgan fingerprint density at radius 2 is 1.10 bits per heavy atom. The van der Waals surface area contributed by atoms with Crippen LogP contribution in [0.2, 0.25) is 0 Å². The summed E-state index contributed by atoms with van der Waals surface area (Å²) in [7, 11) is -1.73. The molecule has 4 amide bonds. The number of rotatable bonds is 8. The lowest BCUT2D eigenvalue weighted by Crippen LogP contribution is -2.59. The topological polar surface area (TPSA) is 99.3 Å². The molecule has 0 spiro atoms. The number of carbonyl (C=O) groups excluding carboxylic acids is 3. The highest BCUT2D eigenvalue weighted by atomic mass is 31.1. The van der Waals surface area contributed by atoms with Crippen LogP contribution in [0, 0.1) is 17.3 Å². The van der Waals surface area contributed by atoms with Crippen LogP contribution >= 0.6 is 7.92 Å². The third-order valence-electron chi connectivity index (χ3n) is 8.74. The van der Waals surface area contributed by atoms with Crippen molar-refractivity contribution in [1.29, 1.82) is 0 Å². The fraction of sp³-hybridized carbons (Fsp3) is 0.344. The van der Waals surface area contributed by atoms with Crippen molar-refractivity contribution in [2.45, 2.75) is 43.7 Å². The van der Waals surface area contributed by atoms with Crippen LogP contribution in [0.1, 0.15) is 38.5 Å². The molecule has 7 nitrogen and oxygen atoms in total. The second-order valence-corrected chi connectivity index (χ2v) is 14.2. The molecule has 4 bridgehead atoms. The predicted molar refractivity (Wildman–Crippen MR) is 161 cm³/mol. The zero-order chi connectivity index (χ0) is 27.6. The average Bonchev–Trinajstić information content (AvgIpc) is 2.93. The Morgan fingerprint density at radius 1 is 0.650 bits per heavy atom. The zero-order valence-electron chi connectivity index (χ0n) is 22.4. The summed E-state index contributed by atoms with van der Waals surface area (Å²) in [5.74, 6) is 0.915. The van der Waals surface area contributed by atoms with Gasteiger partial charge in [-0.3, -0.25) is 9.59 Å². The highest BCUT2D eigenvalue weighted by Gasteiger charge is 2.62. The fourth-order valence-corrected chi connectivity index (χ4v) is 10.7. The van der Waals surface area contributed by atoms with E-state index in [1.165, 1.54) is 0 Å². The van der Waals surface area contributed by atoms with Gasteiger partial charge in [-0.15, -0.1) is 0 Å². The van der Waals surface area contributed by atoms with Crippen LogP contribution in [0.5, 0.6) is 0 Å². The van der Waals surface area contributed by atoms with Gasteiger partial charge in [0.2, 0.25) is 0 Å². The Morgan fingerprint density at radius 3 is 1.57 bits per heavy atom. The zero-order valence-corrected chi connectivity index (χ0v) is 23.3. The van der Waals surface area contributed by atoms with E-state index in [9.17, 15) is 14.4 Å². The number of hydrogen-bond donors (Lipinski definition) is 4. The first-order valence-electron chi connectivity index (χ1n) is 14.0. The Hall–Kier alpha value is -3.70. The minimum Gasteiger partial charge on any atom is -0.337 e. The van der Waals surface area contributed by atoms with E-state index in [1.807, 2.05) is 91.0 Å². The summed E-state index contributed by atoms with van der Waals surface area (Å²) in [6.45, 7) is 0.546. The number of nitrogens with one attached hydrogen (secondary N) is 4. The minimum absolute atomic E-state index is 0.112. The predicted octanol–water partition coefficient (Wildman–Crippen LogP) is 8.09. The quantitative estimate of drug-likeness (QED) is 0.212. The van der Waals surface area contributed by atoms with Gasteiger partial charge in [-0.1, -0.05) is 54.6 Å². The Bertz CT molecular complexity index is 1300. The van der Waals surface area contributed by atoms with E-state index in [-0.39, 0.29) is 22.7 Å². The third kappa shape index (κ3) is 5.62. The molecule has 8 heteroatoms. The number of urea groups is 1. The van der Waals surface area contributed by atoms with Gasteiger partial charge in [0, 0.05) is 28.8 Å². The van der Waals surface area contributed by atoms with Gasteiger partial charge in [-0.25, -0.2) is 4.79 Å². The van der Waals surface area contributed by atoms with Crippen LogP contribution in [0.25, 0.3) is 0 Å². The SMILES string of the molecule is O=C(NCC12CC3CC(C1)CC(P(C(=O)Nc1ccccc1)C(=O)Nc1ccccc1)(C3)C2)Nc1ccccc1. The molecule has 4 saturated carbocycles. The highest BCUT2D eigenvalue weighted by molar-refractivity contribution is 7.90. The molecular formula is C32H35N4O3P. The van der Waals surface area contributed by atoms with Gasteiger partial charge in [-0.2, -0.15) is 0 Å². The van der Waals surface area contributed by atoms with Gasteiger partial charge in [0.25, 0.3) is 11.3 Å². The molecule has 0 aromatic heterocycles. The van der Waals surface area contributed by atoms with Gasteiger partial charge in [-0.05, 0) is 92.2 Å². The largest absolute Gasteiger partial charge is 0.337 e. The number of anilines is 3. The lowest BCUT2D eigenvalue weighted by molar-refractivity contribution is -0.0359. The molecule has 0 saturated heterocycles. The first kappa shape index (κ1) is 26.5. The van der Waals surface area contributed by atoms with Crippen molar-refractivity contribution in [1.82, 2.24) is 5.32 Å². The number of carbonyl (C=O) groups is 3. The monoisotopic (exact) mass is 554 g/mol. The maximum atomic E-state index is 14.0. The Kier molecular flexibility index (Phi) is 7.33. The summed E-state index contributed by atoms with van der Waals surface area (Å²) in [4.78, 5) is 40.8. The summed E-state index contributed by atoms with van der Waals surface area (Å²) < 4.78 is 0. The molecule has 0 radical (unpaired) electrons. The third-order valence-corrected chi connectivity index (χ3v) is 11.2. The molecule has 4 N–H and O–H groups in total. The number of benzene rings is 3. The van der Waals surface area contributed by atoms with E-state index in [0.717, 1.165) is 44.2 Å². The standard InChI is InChI=1S/C32H35N4O3P/c37-28(34-25-10-4-1-5-11-25)33-22-31-17-23-16-24(18-31)20-32(19-23,21-31)40(29(38)35-26-12-6-2-7-13-26)30(39)36-27-14-8-3-9-15-27/h1-15,23-24H,16-22H2,(H,35,38)(H,36,39)(H2,33,34,37). The van der Waals surface area contributed by atoms with Crippen molar-refractivity contribution in [2.24, 2.45) is 17.3 Å². The molecule has 0 heterocycles. The maximum absolute atomic E-state index is 14.0. The smallest absolute Gasteiger partial charge is 0.319 e. The van der Waals surface area contributed by atoms with Crippen LogP contribution in [0.3, 0.4) is 0 Å². The molecule has 2 atom stereocenters. The molecule has 4 aliphatic carbocycles. The van der Waals surface area contributed by atoms with E-state index < -0.39 is 13.1 Å². The Labute approximate surface area is 236 Å². The molecule has 7 rings (SSSR count). The van der Waals surface area contributed by atoms with Crippen molar-refractivity contribution in [3.05, 3.63) is 91.0 Å². The van der Waals surface area contributed by atoms with E-state index >= 15 is 0 Å². The second kappa shape index (κ2) is 11.1. The van der Waals surface area contributed by atoms with Gasteiger partial charge in [0.1, 0.15) is 0 Å². The van der Waals surface area contributed by atoms with Gasteiger partial charge in [0.05, 0.1) is 7.92 Å². The van der Waals surface area contributed by atoms with Crippen molar-refractivity contribution >= 4 is 42.3 Å². The first-order chi connectivity index (χ1) is 19.4. The van der Waals surface area contributed by atoms with Crippen LogP contribution in [-0.2, 0) is 0 Å². The van der Waals surface area contributed by atoms with Crippen LogP contribution in [0.15, 0.2) is 91.0 Å². The van der Waals surface area contributed by atoms with Crippen molar-refractivity contribution < 1.29 is 14.4 Å². The molecule has 3 aromatic rings. The number of para-hydroxylation sites is 3. The minimum atomic E-state index is -1.73. The Balaban J connectivity index is 1.25. The molecule has 2 unspecified atom stereocenters. The van der Waals surface area contributed by atoms with Crippen LogP contribution in [0.4, 0.5) is 31.4 Å². The van der Waals surface area contributed by atoms with Crippen molar-refractivity contribution in [3.63, 3.8) is 0 Å². The van der Waals surface area contributed by atoms with E-state index in [2.05, 4.69) is 21.3 Å². The van der Waals surface area contributed by atoms with E-state index in [1.54, 1.807) is 0 Å². The van der Waals surface area contributed by atoms with Crippen molar-refractivity contribution in [3.8, 4) is 0 Å². The van der Waals surface area contributed by atoms with Crippen LogP contribution in [-0.4, -0.2) is 29.0 Å². The molecule has 40 heavy (non-hydrogen) atoms. The summed E-state index contributed by atoms with van der Waals surface area (Å²) >= 11 is 0. The molecule has 206 valence electrons. The summed E-state index contributed by atoms with van der Waals surface area (Å²) in [5, 5.41) is 11.8. The summed E-state index contributed by atoms with van der Waals surface area (Å²) in [6, 6.07) is 28.0. The highest BCUT2D eigenvalue weighted by Crippen LogP contribution is 2.72. The van der Waals surface area contributed by atoms with Crippen molar-refractivity contribution in [2.75, 3.05) is 22.5 Å². The lowest BCUT2D eigenvalue weighted by atomic mass is 9.49. The first-order valence-corrected chi connectivity index (χ1v) is 15.4. The van der Waals surface area contributed by atoms with Gasteiger partial charge >= 0.3 is 6.03 Å². The molecule has 0 aliphatic heterocycles. The van der Waals surface area contributed by atoms with E-state index in [0.29, 0.717) is 29.8 Å². The number of amides is 4. The summed E-state index contributed by atoms with van der Waals surface area (Å²) in [5.41, 5.74) is 1.65. The lowest BCUT2D eigenvalue weighted by Gasteiger charge is -2.63. The molecule has 4 fully saturated rings. The molecular weight excluding hydrogens is 519 g/mol. The van der Waals surface area contributed by atoms with E-state index in [4.69, 9.17) is 0 Å². The molecule has 4 aliphatic rings. The molecule has 3 aromatic carbocycles. The average molecular weight is 555 g/mol. The number of hydrogen-bond acceptors (Lipinski definition) is 3. The van der Waals surface area contributed by atoms with Gasteiger partial charge in [0.15, 0.2) is 0 Å². The van der Waals surface area contributed by atoms with Gasteiger partial charge < -0.3 is 21.3 Å². The van der Waals surface area contributed by atoms with Crippen LogP contribution < -0.4 is 21.3 Å². The second-order valence-electron chi connectivity index (χ2n) is 11.8. The maximum Gasteiger partial charge on any atom is 0.319 e. The summed E-state index contributed by atoms with van der Waals surface area (Å²) in [6.07, 6.45) is 5.74. The normalized spacial score (nSPS) is 26.2.